The molecule has 0 fully saturated rings. The molecule has 2 aromatic heterocycles. The second-order valence-electron chi connectivity index (χ2n) is 25.3. The molecule has 20 rings (SSSR count). The quantitative estimate of drug-likeness (QED) is 0.135. The second-order valence-corrected chi connectivity index (χ2v) is 25.3. The number of hydrogen-bond acceptors (Lipinski definition) is 4. The Morgan fingerprint density at radius 2 is 0.543 bits per heavy atom. The van der Waals surface area contributed by atoms with Crippen LogP contribution in [-0.4, -0.2) is 0 Å². The Morgan fingerprint density at radius 3 is 1.00 bits per heavy atom. The van der Waals surface area contributed by atoms with E-state index in [-0.39, 0.29) is 0 Å². The van der Waals surface area contributed by atoms with Gasteiger partial charge in [0.15, 0.2) is 11.2 Å². The molecule has 0 N–H and O–H groups in total. The van der Waals surface area contributed by atoms with Crippen molar-refractivity contribution in [2.24, 2.45) is 0 Å². The van der Waals surface area contributed by atoms with Gasteiger partial charge < -0.3 is 18.6 Å². The molecule has 2 atom stereocenters. The lowest BCUT2D eigenvalue weighted by atomic mass is 9.49. The van der Waals surface area contributed by atoms with Gasteiger partial charge in [0, 0.05) is 44.3 Å². The molecular weight excluding hydrogens is 1140 g/mol. The Bertz CT molecular complexity index is 5780. The topological polar surface area (TPSA) is 32.8 Å². The van der Waals surface area contributed by atoms with Crippen molar-refractivity contribution in [3.8, 4) is 22.3 Å². The number of furan rings is 2. The summed E-state index contributed by atoms with van der Waals surface area (Å²) in [5, 5.41) is 13.9. The first-order valence-electron chi connectivity index (χ1n) is 32.5. The minimum atomic E-state index is -0.945. The van der Waals surface area contributed by atoms with E-state index in [1.807, 2.05) is 0 Å². The van der Waals surface area contributed by atoms with Crippen LogP contribution in [0.2, 0.25) is 0 Å². The van der Waals surface area contributed by atoms with Crippen molar-refractivity contribution in [3.05, 3.63) is 373 Å². The van der Waals surface area contributed by atoms with Crippen molar-refractivity contribution in [1.29, 1.82) is 0 Å². The standard InChI is InChI=1S/C90H56N2O2/c1-3-23-61(24-4-1)89(79-35-15-11-29-69(79)71-51-49-65(55-81(71)89)91(83-37-19-33-75-73-31-13-17-39-85(73)93-87(75)83)63-47-45-59-43-41-57-21-7-9-27-67(57)77(59)53-63)90(62-25-5-2-6-26-62)80-36-16-12-30-70(80)72-52-50-66(56-82(72)90)92(84-38-20-34-76-74-32-14-18-40-86(74)94-88(76)84)64-48-46-60-44-42-58-22-8-10-28-68(58)78(60)54-64/h1-56H. The summed E-state index contributed by atoms with van der Waals surface area (Å²) >= 11 is 0. The Kier molecular flexibility index (Phi) is 11.2. The maximum absolute atomic E-state index is 7.07. The van der Waals surface area contributed by atoms with Gasteiger partial charge in [-0.05, 0) is 172 Å². The van der Waals surface area contributed by atoms with Gasteiger partial charge in [0.2, 0.25) is 0 Å². The van der Waals surface area contributed by atoms with Crippen LogP contribution < -0.4 is 9.80 Å². The van der Waals surface area contributed by atoms with Crippen molar-refractivity contribution in [1.82, 2.24) is 0 Å². The van der Waals surface area contributed by atoms with Crippen molar-refractivity contribution >= 4 is 121 Å². The molecule has 0 saturated carbocycles. The fourth-order valence-corrected chi connectivity index (χ4v) is 17.0. The molecule has 2 unspecified atom stereocenters. The van der Waals surface area contributed by atoms with Crippen molar-refractivity contribution < 1.29 is 8.83 Å². The fraction of sp³-hybridized carbons (Fsp3) is 0.0222. The van der Waals surface area contributed by atoms with Crippen LogP contribution >= 0.6 is 0 Å². The lowest BCUT2D eigenvalue weighted by Crippen LogP contribution is -2.50. The zero-order valence-corrected chi connectivity index (χ0v) is 51.0. The Hall–Kier alpha value is -12.2. The number of hydrogen-bond donors (Lipinski definition) is 0. The molecule has 16 aromatic carbocycles. The second kappa shape index (κ2) is 20.1. The summed E-state index contributed by atoms with van der Waals surface area (Å²) in [5.74, 6) is 0. The van der Waals surface area contributed by atoms with E-state index in [1.54, 1.807) is 0 Å². The highest BCUT2D eigenvalue weighted by molar-refractivity contribution is 6.15. The number of nitrogens with zero attached hydrogens (tertiary/aromatic N) is 2. The Morgan fingerprint density at radius 1 is 0.213 bits per heavy atom. The molecule has 4 heteroatoms. The average Bonchev–Trinajstić information content (AvgIpc) is 1.46. The van der Waals surface area contributed by atoms with Crippen LogP contribution in [0.15, 0.2) is 349 Å². The average molecular weight is 1200 g/mol. The van der Waals surface area contributed by atoms with E-state index in [9.17, 15) is 0 Å². The first kappa shape index (κ1) is 52.5. The van der Waals surface area contributed by atoms with Crippen LogP contribution in [0.25, 0.3) is 109 Å². The molecule has 94 heavy (non-hydrogen) atoms. The van der Waals surface area contributed by atoms with Crippen LogP contribution in [0.1, 0.15) is 33.4 Å². The van der Waals surface area contributed by atoms with E-state index < -0.39 is 10.8 Å². The summed E-state index contributed by atoms with van der Waals surface area (Å²) < 4.78 is 14.1. The van der Waals surface area contributed by atoms with Gasteiger partial charge in [-0.15, -0.1) is 0 Å². The lowest BCUT2D eigenvalue weighted by Gasteiger charge is -2.51. The molecule has 2 aliphatic rings. The first-order valence-corrected chi connectivity index (χ1v) is 32.5. The minimum Gasteiger partial charge on any atom is -0.454 e. The summed E-state index contributed by atoms with van der Waals surface area (Å²) in [6.45, 7) is 0. The SMILES string of the molecule is c1ccc(C2(C3(c4ccccc4)c4ccccc4-c4ccc(N(c5ccc6ccc7ccccc7c6c5)c5cccc6c5oc5ccccc56)cc43)c3ccccc3-c3ccc(N(c4ccc5ccc6ccccc6c5c4)c4cccc5c4oc4ccccc45)cc32)cc1. The van der Waals surface area contributed by atoms with Gasteiger partial charge >= 0.3 is 0 Å². The van der Waals surface area contributed by atoms with E-state index >= 15 is 0 Å². The number of benzene rings is 16. The van der Waals surface area contributed by atoms with Gasteiger partial charge in [-0.2, -0.15) is 0 Å². The van der Waals surface area contributed by atoms with Crippen LogP contribution in [-0.2, 0) is 10.8 Å². The van der Waals surface area contributed by atoms with E-state index in [4.69, 9.17) is 8.83 Å². The normalized spacial score (nSPS) is 15.5. The third kappa shape index (κ3) is 7.28. The van der Waals surface area contributed by atoms with Crippen LogP contribution in [0, 0.1) is 0 Å². The monoisotopic (exact) mass is 1200 g/mol. The number of fused-ring (bicyclic) bond motifs is 18. The van der Waals surface area contributed by atoms with Gasteiger partial charge in [0.1, 0.15) is 11.2 Å². The minimum absolute atomic E-state index is 0.828. The van der Waals surface area contributed by atoms with Crippen molar-refractivity contribution in [2.75, 3.05) is 9.80 Å². The highest BCUT2D eigenvalue weighted by atomic mass is 16.3. The third-order valence-corrected chi connectivity index (χ3v) is 20.8. The molecule has 0 aliphatic heterocycles. The largest absolute Gasteiger partial charge is 0.454 e. The molecule has 0 amide bonds. The predicted octanol–water partition coefficient (Wildman–Crippen LogP) is 24.4. The molecule has 0 bridgehead atoms. The lowest BCUT2D eigenvalue weighted by molar-refractivity contribution is 0.437. The smallest absolute Gasteiger partial charge is 0.159 e. The van der Waals surface area contributed by atoms with Gasteiger partial charge in [0.05, 0.1) is 22.2 Å². The Balaban J connectivity index is 0.906. The fourth-order valence-electron chi connectivity index (χ4n) is 17.0. The van der Waals surface area contributed by atoms with Crippen LogP contribution in [0.3, 0.4) is 0 Å². The van der Waals surface area contributed by atoms with Gasteiger partial charge in [-0.3, -0.25) is 0 Å². The van der Waals surface area contributed by atoms with Crippen LogP contribution in [0.5, 0.6) is 0 Å². The molecule has 438 valence electrons. The molecule has 2 heterocycles. The summed E-state index contributed by atoms with van der Waals surface area (Å²) in [6, 6.07) is 126. The van der Waals surface area contributed by atoms with Crippen molar-refractivity contribution in [3.63, 3.8) is 0 Å². The summed E-state index contributed by atoms with van der Waals surface area (Å²) in [5.41, 5.74) is 19.5. The maximum Gasteiger partial charge on any atom is 0.159 e. The number of anilines is 6. The molecule has 4 nitrogen and oxygen atoms in total. The molecule has 0 radical (unpaired) electrons. The summed E-state index contributed by atoms with van der Waals surface area (Å²) in [7, 11) is 0. The van der Waals surface area contributed by atoms with E-state index in [0.717, 1.165) is 78.0 Å². The highest BCUT2D eigenvalue weighted by Crippen LogP contribution is 2.70. The zero-order valence-electron chi connectivity index (χ0n) is 51.0. The number of para-hydroxylation sites is 4. The highest BCUT2D eigenvalue weighted by Gasteiger charge is 2.64. The van der Waals surface area contributed by atoms with E-state index in [2.05, 4.69) is 350 Å². The predicted molar refractivity (Wildman–Crippen MR) is 390 cm³/mol. The molecule has 2 aliphatic carbocycles. The molecule has 0 saturated heterocycles. The number of rotatable bonds is 9. The van der Waals surface area contributed by atoms with Crippen LogP contribution in [0.4, 0.5) is 34.1 Å². The van der Waals surface area contributed by atoms with Gasteiger partial charge in [-0.1, -0.05) is 267 Å². The van der Waals surface area contributed by atoms with Gasteiger partial charge in [0.25, 0.3) is 0 Å². The zero-order chi connectivity index (χ0) is 61.6. The molecule has 18 aromatic rings. The summed E-state index contributed by atoms with van der Waals surface area (Å²) in [6.07, 6.45) is 0. The molecule has 0 spiro atoms. The Labute approximate surface area is 542 Å². The third-order valence-electron chi connectivity index (χ3n) is 20.8. The first-order chi connectivity index (χ1) is 46.6. The van der Waals surface area contributed by atoms with Gasteiger partial charge in [-0.25, -0.2) is 0 Å². The van der Waals surface area contributed by atoms with E-state index in [1.165, 1.54) is 98.7 Å². The summed E-state index contributed by atoms with van der Waals surface area (Å²) in [4.78, 5) is 4.91. The van der Waals surface area contributed by atoms with Crippen molar-refractivity contribution in [2.45, 2.75) is 10.8 Å². The van der Waals surface area contributed by atoms with E-state index in [0.29, 0.717) is 0 Å². The maximum atomic E-state index is 7.07. The molecular formula is C90H56N2O2.